The van der Waals surface area contributed by atoms with Crippen molar-refractivity contribution < 1.29 is 9.21 Å². The van der Waals surface area contributed by atoms with Gasteiger partial charge in [0.1, 0.15) is 0 Å². The van der Waals surface area contributed by atoms with Crippen molar-refractivity contribution in [2.75, 3.05) is 7.05 Å². The molecule has 1 heterocycles. The molecule has 2 rings (SSSR count). The SMILES string of the molecule is CN(N)C(=O)CCCCc1ccc2oc(=O)[nH]c2c1. The van der Waals surface area contributed by atoms with Crippen LogP contribution in [-0.2, 0) is 11.2 Å². The van der Waals surface area contributed by atoms with E-state index < -0.39 is 5.76 Å². The van der Waals surface area contributed by atoms with Crippen molar-refractivity contribution in [2.45, 2.75) is 25.7 Å². The molecule has 0 aliphatic heterocycles. The summed E-state index contributed by atoms with van der Waals surface area (Å²) in [6.45, 7) is 0. The number of aromatic nitrogens is 1. The second-order valence-electron chi connectivity index (χ2n) is 4.56. The molecule has 6 nitrogen and oxygen atoms in total. The summed E-state index contributed by atoms with van der Waals surface area (Å²) in [5, 5.41) is 1.11. The average molecular weight is 263 g/mol. The molecular weight excluding hydrogens is 246 g/mol. The number of amides is 1. The van der Waals surface area contributed by atoms with Crippen LogP contribution in [0.4, 0.5) is 0 Å². The predicted octanol–water partition coefficient (Wildman–Crippen LogP) is 1.17. The van der Waals surface area contributed by atoms with Crippen molar-refractivity contribution >= 4 is 17.0 Å². The summed E-state index contributed by atoms with van der Waals surface area (Å²) in [4.78, 5) is 24.9. The Bertz CT molecular complexity index is 627. The number of carbonyl (C=O) groups excluding carboxylic acids is 1. The van der Waals surface area contributed by atoms with Gasteiger partial charge in [-0.05, 0) is 37.0 Å². The molecule has 0 aliphatic carbocycles. The molecular formula is C13H17N3O3. The number of H-pyrrole nitrogens is 1. The number of oxazole rings is 1. The molecule has 1 amide bonds. The molecule has 0 saturated heterocycles. The van der Waals surface area contributed by atoms with Gasteiger partial charge in [-0.1, -0.05) is 6.07 Å². The van der Waals surface area contributed by atoms with Crippen LogP contribution < -0.4 is 11.6 Å². The summed E-state index contributed by atoms with van der Waals surface area (Å²) in [7, 11) is 1.55. The van der Waals surface area contributed by atoms with Gasteiger partial charge in [-0.3, -0.25) is 14.8 Å². The Labute approximate surface area is 110 Å². The number of rotatable bonds is 5. The van der Waals surface area contributed by atoms with Crippen molar-refractivity contribution in [2.24, 2.45) is 5.84 Å². The predicted molar refractivity (Wildman–Crippen MR) is 71.3 cm³/mol. The minimum absolute atomic E-state index is 0.0605. The van der Waals surface area contributed by atoms with Crippen molar-refractivity contribution in [3.63, 3.8) is 0 Å². The minimum Gasteiger partial charge on any atom is -0.408 e. The third-order valence-electron chi connectivity index (χ3n) is 2.98. The number of aryl methyl sites for hydroxylation is 1. The number of nitrogens with zero attached hydrogens (tertiary/aromatic N) is 1. The molecule has 2 aromatic rings. The molecule has 0 fully saturated rings. The molecule has 1 aromatic heterocycles. The van der Waals surface area contributed by atoms with Crippen LogP contribution in [0.25, 0.3) is 11.1 Å². The van der Waals surface area contributed by atoms with Crippen molar-refractivity contribution in [3.05, 3.63) is 34.3 Å². The summed E-state index contributed by atoms with van der Waals surface area (Å²) < 4.78 is 4.93. The average Bonchev–Trinajstić information content (AvgIpc) is 2.73. The van der Waals surface area contributed by atoms with Crippen LogP contribution in [0.5, 0.6) is 0 Å². The van der Waals surface area contributed by atoms with Gasteiger partial charge in [-0.2, -0.15) is 0 Å². The Balaban J connectivity index is 1.88. The van der Waals surface area contributed by atoms with E-state index in [1.165, 1.54) is 0 Å². The van der Waals surface area contributed by atoms with E-state index in [4.69, 9.17) is 10.3 Å². The van der Waals surface area contributed by atoms with E-state index in [0.717, 1.165) is 29.8 Å². The largest absolute Gasteiger partial charge is 0.417 e. The van der Waals surface area contributed by atoms with E-state index in [-0.39, 0.29) is 5.91 Å². The molecule has 0 bridgehead atoms. The normalized spacial score (nSPS) is 10.8. The molecule has 0 unspecified atom stereocenters. The van der Waals surface area contributed by atoms with E-state index in [2.05, 4.69) is 4.98 Å². The van der Waals surface area contributed by atoms with Crippen molar-refractivity contribution in [3.8, 4) is 0 Å². The van der Waals surface area contributed by atoms with Crippen LogP contribution >= 0.6 is 0 Å². The highest BCUT2D eigenvalue weighted by Crippen LogP contribution is 2.14. The monoisotopic (exact) mass is 263 g/mol. The molecule has 0 saturated carbocycles. The van der Waals surface area contributed by atoms with Gasteiger partial charge in [-0.25, -0.2) is 10.6 Å². The van der Waals surface area contributed by atoms with Crippen LogP contribution in [0.15, 0.2) is 27.4 Å². The zero-order valence-corrected chi connectivity index (χ0v) is 10.8. The number of hydrogen-bond donors (Lipinski definition) is 2. The zero-order valence-electron chi connectivity index (χ0n) is 10.8. The smallest absolute Gasteiger partial charge is 0.408 e. The highest BCUT2D eigenvalue weighted by molar-refractivity contribution is 5.75. The Morgan fingerprint density at radius 2 is 2.21 bits per heavy atom. The first-order chi connectivity index (χ1) is 9.06. The third kappa shape index (κ3) is 3.45. The number of fused-ring (bicyclic) bond motifs is 1. The van der Waals surface area contributed by atoms with Crippen LogP contribution in [0, 0.1) is 0 Å². The number of nitrogens with two attached hydrogens (primary N) is 1. The Morgan fingerprint density at radius 3 is 2.95 bits per heavy atom. The first-order valence-electron chi connectivity index (χ1n) is 6.19. The fourth-order valence-electron chi connectivity index (χ4n) is 1.94. The van der Waals surface area contributed by atoms with Gasteiger partial charge in [0.15, 0.2) is 5.58 Å². The van der Waals surface area contributed by atoms with Crippen LogP contribution in [-0.4, -0.2) is 22.9 Å². The number of carbonyl (C=O) groups is 1. The Hall–Kier alpha value is -2.08. The number of benzene rings is 1. The maximum atomic E-state index is 11.3. The van der Waals surface area contributed by atoms with E-state index >= 15 is 0 Å². The lowest BCUT2D eigenvalue weighted by Crippen LogP contribution is -2.32. The molecule has 0 atom stereocenters. The lowest BCUT2D eigenvalue weighted by atomic mass is 10.1. The van der Waals surface area contributed by atoms with Gasteiger partial charge in [0.25, 0.3) is 0 Å². The fourth-order valence-corrected chi connectivity index (χ4v) is 1.94. The van der Waals surface area contributed by atoms with Crippen LogP contribution in [0.2, 0.25) is 0 Å². The Morgan fingerprint density at radius 1 is 1.42 bits per heavy atom. The maximum Gasteiger partial charge on any atom is 0.417 e. The lowest BCUT2D eigenvalue weighted by Gasteiger charge is -2.09. The second-order valence-corrected chi connectivity index (χ2v) is 4.56. The molecule has 19 heavy (non-hydrogen) atoms. The summed E-state index contributed by atoms with van der Waals surface area (Å²) in [5.74, 6) is 4.83. The van der Waals surface area contributed by atoms with E-state index in [1.54, 1.807) is 13.1 Å². The number of unbranched alkanes of at least 4 members (excludes halogenated alkanes) is 1. The molecule has 0 aliphatic rings. The van der Waals surface area contributed by atoms with Gasteiger partial charge < -0.3 is 4.42 Å². The number of hydrazine groups is 1. The molecule has 0 spiro atoms. The van der Waals surface area contributed by atoms with Gasteiger partial charge in [-0.15, -0.1) is 0 Å². The van der Waals surface area contributed by atoms with E-state index in [1.807, 2.05) is 12.1 Å². The highest BCUT2D eigenvalue weighted by atomic mass is 16.4. The summed E-state index contributed by atoms with van der Waals surface area (Å²) >= 11 is 0. The molecule has 1 aromatic carbocycles. The summed E-state index contributed by atoms with van der Waals surface area (Å²) in [6.07, 6.45) is 3.00. The van der Waals surface area contributed by atoms with Crippen molar-refractivity contribution in [1.82, 2.24) is 9.99 Å². The first-order valence-corrected chi connectivity index (χ1v) is 6.19. The first kappa shape index (κ1) is 13.4. The molecule has 0 radical (unpaired) electrons. The van der Waals surface area contributed by atoms with Gasteiger partial charge >= 0.3 is 5.76 Å². The minimum atomic E-state index is -0.441. The van der Waals surface area contributed by atoms with Gasteiger partial charge in [0.2, 0.25) is 5.91 Å². The molecule has 3 N–H and O–H groups in total. The fraction of sp³-hybridized carbons (Fsp3) is 0.385. The Kier molecular flexibility index (Phi) is 4.01. The maximum absolute atomic E-state index is 11.3. The second kappa shape index (κ2) is 5.71. The number of nitrogens with one attached hydrogen (secondary N) is 1. The zero-order chi connectivity index (χ0) is 13.8. The topological polar surface area (TPSA) is 92.3 Å². The molecule has 6 heteroatoms. The number of aromatic amines is 1. The quantitative estimate of drug-likeness (QED) is 0.366. The van der Waals surface area contributed by atoms with E-state index in [9.17, 15) is 9.59 Å². The van der Waals surface area contributed by atoms with Crippen molar-refractivity contribution in [1.29, 1.82) is 0 Å². The lowest BCUT2D eigenvalue weighted by molar-refractivity contribution is -0.130. The van der Waals surface area contributed by atoms with Gasteiger partial charge in [0, 0.05) is 13.5 Å². The van der Waals surface area contributed by atoms with Crippen LogP contribution in [0.1, 0.15) is 24.8 Å². The van der Waals surface area contributed by atoms with Crippen LogP contribution in [0.3, 0.4) is 0 Å². The summed E-state index contributed by atoms with van der Waals surface area (Å²) in [5.41, 5.74) is 2.38. The highest BCUT2D eigenvalue weighted by Gasteiger charge is 2.05. The summed E-state index contributed by atoms with van der Waals surface area (Å²) in [6, 6.07) is 5.61. The number of hydrogen-bond acceptors (Lipinski definition) is 4. The standard InChI is InChI=1S/C13H17N3O3/c1-16(14)12(17)5-3-2-4-9-6-7-11-10(8-9)15-13(18)19-11/h6-8H,2-5,14H2,1H3,(H,15,18). The molecule has 102 valence electrons. The third-order valence-corrected chi connectivity index (χ3v) is 2.98. The van der Waals surface area contributed by atoms with E-state index in [0.29, 0.717) is 17.5 Å². The van der Waals surface area contributed by atoms with Gasteiger partial charge in [0.05, 0.1) is 5.52 Å².